The molecule has 0 aromatic rings. The Morgan fingerprint density at radius 2 is 1.75 bits per heavy atom. The lowest BCUT2D eigenvalue weighted by molar-refractivity contribution is -0.139. The van der Waals surface area contributed by atoms with Gasteiger partial charge in [0.1, 0.15) is 18.6 Å². The summed E-state index contributed by atoms with van der Waals surface area (Å²) in [6.45, 7) is -5.25. The molecule has 0 bridgehead atoms. The van der Waals surface area contributed by atoms with Gasteiger partial charge >= 0.3 is 18.7 Å². The molecule has 2 atom stereocenters. The van der Waals surface area contributed by atoms with Crippen molar-refractivity contribution in [3.63, 3.8) is 0 Å². The van der Waals surface area contributed by atoms with Crippen LogP contribution in [0.4, 0.5) is 0 Å². The smallest absolute Gasteiger partial charge is 0.384 e. The van der Waals surface area contributed by atoms with Gasteiger partial charge in [-0.05, 0) is 17.8 Å². The topological polar surface area (TPSA) is 216 Å². The van der Waals surface area contributed by atoms with Crippen LogP contribution in [0.3, 0.4) is 0 Å². The summed E-state index contributed by atoms with van der Waals surface area (Å²) in [4.78, 5) is 62.0. The average molecular weight is 387 g/mol. The number of hydrogen-bond acceptors (Lipinski definition) is 7. The molecule has 8 N–H and O–H groups in total. The molecule has 0 aliphatic rings. The molecule has 0 spiro atoms. The van der Waals surface area contributed by atoms with E-state index in [4.69, 9.17) is 25.7 Å². The Bertz CT molecular complexity index is 538. The van der Waals surface area contributed by atoms with Crippen molar-refractivity contribution in [3.8, 4) is 0 Å². The van der Waals surface area contributed by atoms with E-state index in [9.17, 15) is 23.7 Å². The van der Waals surface area contributed by atoms with Gasteiger partial charge in [0.15, 0.2) is 0 Å². The summed E-state index contributed by atoms with van der Waals surface area (Å²) in [5.74, 6) is -4.88. The first-order valence-electron chi connectivity index (χ1n) is 6.39. The van der Waals surface area contributed by atoms with Crippen LogP contribution in [0, 0.1) is 0 Å². The quantitative estimate of drug-likeness (QED) is 0.187. The van der Waals surface area contributed by atoms with Crippen molar-refractivity contribution in [2.24, 2.45) is 5.73 Å². The van der Waals surface area contributed by atoms with Crippen LogP contribution in [0.2, 0.25) is 0 Å². The van der Waals surface area contributed by atoms with E-state index in [1.165, 1.54) is 0 Å². The Morgan fingerprint density at radius 1 is 1.17 bits per heavy atom. The monoisotopic (exact) mass is 387 g/mol. The van der Waals surface area contributed by atoms with Crippen LogP contribution in [0.15, 0.2) is 0 Å². The molecule has 2 amide bonds. The maximum absolute atomic E-state index is 11.8. The number of nitrogens with two attached hydrogens (primary N) is 1. The molecule has 24 heavy (non-hydrogen) atoms. The highest BCUT2D eigenvalue weighted by Crippen LogP contribution is 2.50. The van der Waals surface area contributed by atoms with Crippen molar-refractivity contribution in [3.05, 3.63) is 0 Å². The molecule has 0 saturated carbocycles. The number of nitrogens with one attached hydrogen (secondary N) is 2. The Hall–Kier alpha value is -1.66. The van der Waals surface area contributed by atoms with Gasteiger partial charge < -0.3 is 36.4 Å². The second-order valence-corrected chi connectivity index (χ2v) is 8.28. The number of carbonyl (C=O) groups excluding carboxylic acids is 2. The van der Waals surface area contributed by atoms with E-state index in [-0.39, 0.29) is 24.2 Å². The summed E-state index contributed by atoms with van der Waals surface area (Å²) >= 11 is 0.100. The first-order valence-corrected chi connectivity index (χ1v) is 9.60. The van der Waals surface area contributed by atoms with Gasteiger partial charge in [-0.15, -0.1) is 0 Å². The number of carbonyl (C=O) groups is 4. The number of rotatable bonds is 11. The van der Waals surface area contributed by atoms with Crippen molar-refractivity contribution in [2.45, 2.75) is 24.9 Å². The number of carboxylic acids is 2. The van der Waals surface area contributed by atoms with Crippen molar-refractivity contribution >= 4 is 41.9 Å². The van der Waals surface area contributed by atoms with Gasteiger partial charge in [-0.25, -0.2) is 4.57 Å². The van der Waals surface area contributed by atoms with E-state index in [2.05, 4.69) is 5.32 Å². The Labute approximate surface area is 140 Å². The average Bonchev–Trinajstić information content (AvgIpc) is 2.45. The summed E-state index contributed by atoms with van der Waals surface area (Å²) in [7, 11) is 0. The number of carboxylic acid groups (broad SMARTS) is 2. The van der Waals surface area contributed by atoms with Crippen molar-refractivity contribution in [2.75, 3.05) is 12.3 Å². The lowest BCUT2D eigenvalue weighted by atomic mass is 10.1. The fourth-order valence-electron chi connectivity index (χ4n) is 1.32. The molecule has 0 saturated heterocycles. The lowest BCUT2D eigenvalue weighted by Gasteiger charge is -2.18. The van der Waals surface area contributed by atoms with Gasteiger partial charge in [-0.1, -0.05) is 0 Å². The summed E-state index contributed by atoms with van der Waals surface area (Å²) < 4.78 is 10.8. The maximum Gasteiger partial charge on any atom is 0.384 e. The SMILES string of the molecule is N[C@@H](CCC(=O)N[C@@H](CSP(=O)(O)O)C(=O)NCC(=O)O)C(=O)O. The molecule has 0 aliphatic heterocycles. The summed E-state index contributed by atoms with van der Waals surface area (Å²) in [6.07, 6.45) is -0.549. The Balaban J connectivity index is 4.70. The van der Waals surface area contributed by atoms with E-state index in [1.54, 1.807) is 0 Å². The number of hydrogen-bond donors (Lipinski definition) is 7. The second-order valence-electron chi connectivity index (χ2n) is 4.50. The zero-order valence-electron chi connectivity index (χ0n) is 12.2. The predicted molar refractivity (Wildman–Crippen MR) is 81.9 cm³/mol. The molecule has 0 fully saturated rings. The van der Waals surface area contributed by atoms with E-state index >= 15 is 0 Å². The molecule has 0 aromatic heterocycles. The Kier molecular flexibility index (Phi) is 9.55. The summed E-state index contributed by atoms with van der Waals surface area (Å²) in [5, 5.41) is 21.2. The van der Waals surface area contributed by atoms with Crippen molar-refractivity contribution in [1.29, 1.82) is 0 Å². The minimum Gasteiger partial charge on any atom is -0.480 e. The first-order chi connectivity index (χ1) is 10.9. The standard InChI is InChI=1S/C10H18N3O9PS/c11-5(10(18)19)1-2-7(14)13-6(4-24-23(20,21)22)9(17)12-3-8(15)16/h5-6H,1-4,11H2,(H,12,17)(H,13,14)(H,15,16)(H,18,19)(H2,20,21,22)/t5-,6-/m0/s1. The van der Waals surface area contributed by atoms with Gasteiger partial charge in [-0.3, -0.25) is 19.2 Å². The minimum absolute atomic E-state index is 0.100. The Morgan fingerprint density at radius 3 is 2.21 bits per heavy atom. The minimum atomic E-state index is -4.51. The van der Waals surface area contributed by atoms with E-state index in [0.29, 0.717) is 0 Å². The molecule has 14 heteroatoms. The molecule has 0 aliphatic carbocycles. The van der Waals surface area contributed by atoms with Crippen LogP contribution in [0.1, 0.15) is 12.8 Å². The normalized spacial score (nSPS) is 13.6. The predicted octanol–water partition coefficient (Wildman–Crippen LogP) is -2.31. The molecule has 138 valence electrons. The zero-order chi connectivity index (χ0) is 18.9. The van der Waals surface area contributed by atoms with Crippen molar-refractivity contribution in [1.82, 2.24) is 10.6 Å². The van der Waals surface area contributed by atoms with Gasteiger partial charge in [0.2, 0.25) is 11.8 Å². The van der Waals surface area contributed by atoms with Crippen LogP contribution < -0.4 is 16.4 Å². The highest BCUT2D eigenvalue weighted by atomic mass is 32.7. The van der Waals surface area contributed by atoms with Gasteiger partial charge in [0, 0.05) is 12.2 Å². The molecular formula is C10H18N3O9PS. The fraction of sp³-hybridized carbons (Fsp3) is 0.600. The molecular weight excluding hydrogens is 369 g/mol. The fourth-order valence-corrected chi connectivity index (χ4v) is 2.92. The van der Waals surface area contributed by atoms with E-state index in [0.717, 1.165) is 0 Å². The molecule has 0 unspecified atom stereocenters. The third-order valence-corrected chi connectivity index (χ3v) is 4.75. The van der Waals surface area contributed by atoms with Crippen molar-refractivity contribution < 1.29 is 43.7 Å². The highest BCUT2D eigenvalue weighted by Gasteiger charge is 2.26. The van der Waals surface area contributed by atoms with Gasteiger partial charge in [0.05, 0.1) is 0 Å². The summed E-state index contributed by atoms with van der Waals surface area (Å²) in [6, 6.07) is -2.69. The number of amides is 2. The molecule has 0 heterocycles. The van der Waals surface area contributed by atoms with E-state index < -0.39 is 54.9 Å². The second kappa shape index (κ2) is 10.3. The molecule has 0 rings (SSSR count). The van der Waals surface area contributed by atoms with Gasteiger partial charge in [0.25, 0.3) is 0 Å². The first kappa shape index (κ1) is 22.3. The molecule has 0 aromatic carbocycles. The molecule has 12 nitrogen and oxygen atoms in total. The highest BCUT2D eigenvalue weighted by molar-refractivity contribution is 8.54. The lowest BCUT2D eigenvalue weighted by Crippen LogP contribution is -2.49. The van der Waals surface area contributed by atoms with Crippen LogP contribution in [0.25, 0.3) is 0 Å². The maximum atomic E-state index is 11.8. The summed E-state index contributed by atoms with van der Waals surface area (Å²) in [5.41, 5.74) is 5.22. The third-order valence-electron chi connectivity index (χ3n) is 2.47. The number of aliphatic carboxylic acids is 2. The van der Waals surface area contributed by atoms with Gasteiger partial charge in [-0.2, -0.15) is 0 Å². The largest absolute Gasteiger partial charge is 0.480 e. The zero-order valence-corrected chi connectivity index (χ0v) is 14.0. The van der Waals surface area contributed by atoms with E-state index in [1.807, 2.05) is 5.32 Å². The van der Waals surface area contributed by atoms with Crippen LogP contribution >= 0.6 is 18.2 Å². The van der Waals surface area contributed by atoms with Crippen LogP contribution in [0.5, 0.6) is 0 Å². The van der Waals surface area contributed by atoms with Crippen LogP contribution in [-0.4, -0.2) is 68.1 Å². The van der Waals surface area contributed by atoms with Crippen LogP contribution in [-0.2, 0) is 23.7 Å². The molecule has 0 radical (unpaired) electrons. The third kappa shape index (κ3) is 11.0.